The van der Waals surface area contributed by atoms with Gasteiger partial charge in [0.25, 0.3) is 0 Å². The number of nitrogens with zero attached hydrogens (tertiary/aromatic N) is 2. The van der Waals surface area contributed by atoms with Gasteiger partial charge < -0.3 is 10.2 Å². The van der Waals surface area contributed by atoms with Crippen LogP contribution in [0.15, 0.2) is 53.7 Å². The number of amides is 2. The number of carbonyl (C=O) groups is 2. The summed E-state index contributed by atoms with van der Waals surface area (Å²) in [5, 5.41) is 3.02. The molecule has 1 atom stereocenters. The third kappa shape index (κ3) is 3.75. The van der Waals surface area contributed by atoms with Crippen LogP contribution in [0.2, 0.25) is 0 Å². The van der Waals surface area contributed by atoms with Gasteiger partial charge in [-0.1, -0.05) is 24.3 Å². The van der Waals surface area contributed by atoms with Crippen molar-refractivity contribution >= 4 is 23.6 Å². The third-order valence-corrected chi connectivity index (χ3v) is 6.03. The first-order chi connectivity index (χ1) is 12.7. The summed E-state index contributed by atoms with van der Waals surface area (Å²) in [5.41, 5.74) is 2.68. The maximum atomic E-state index is 12.4. The second-order valence-corrected chi connectivity index (χ2v) is 7.87. The van der Waals surface area contributed by atoms with Crippen LogP contribution < -0.4 is 5.32 Å². The lowest BCUT2D eigenvalue weighted by atomic mass is 10.1. The molecule has 1 fully saturated rings. The number of aromatic nitrogens is 1. The molecule has 0 bridgehead atoms. The van der Waals surface area contributed by atoms with E-state index >= 15 is 0 Å². The minimum atomic E-state index is -0.0863. The summed E-state index contributed by atoms with van der Waals surface area (Å²) < 4.78 is 0. The van der Waals surface area contributed by atoms with Crippen molar-refractivity contribution < 1.29 is 9.59 Å². The van der Waals surface area contributed by atoms with Crippen LogP contribution in [0.3, 0.4) is 0 Å². The second-order valence-electron chi connectivity index (χ2n) is 6.82. The fourth-order valence-corrected chi connectivity index (χ4v) is 4.49. The first kappa shape index (κ1) is 17.1. The van der Waals surface area contributed by atoms with Crippen molar-refractivity contribution in [1.29, 1.82) is 0 Å². The summed E-state index contributed by atoms with van der Waals surface area (Å²) >= 11 is 1.48. The van der Waals surface area contributed by atoms with E-state index in [-0.39, 0.29) is 23.9 Å². The lowest BCUT2D eigenvalue weighted by Crippen LogP contribution is -2.41. The molecule has 0 radical (unpaired) electrons. The van der Waals surface area contributed by atoms with Gasteiger partial charge in [0, 0.05) is 36.3 Å². The van der Waals surface area contributed by atoms with Crippen molar-refractivity contribution in [2.75, 3.05) is 12.3 Å². The number of rotatable bonds is 5. The molecule has 1 aliphatic carbocycles. The highest BCUT2D eigenvalue weighted by Gasteiger charge is 2.37. The summed E-state index contributed by atoms with van der Waals surface area (Å²) in [4.78, 5) is 31.6. The Morgan fingerprint density at radius 1 is 1.12 bits per heavy atom. The van der Waals surface area contributed by atoms with E-state index in [4.69, 9.17) is 0 Å². The van der Waals surface area contributed by atoms with Crippen LogP contribution in [0.4, 0.5) is 0 Å². The largest absolute Gasteiger partial charge is 0.350 e. The first-order valence-corrected chi connectivity index (χ1v) is 9.86. The molecule has 1 aliphatic heterocycles. The number of pyridine rings is 1. The molecule has 2 aliphatic rings. The molecule has 0 unspecified atom stereocenters. The fraction of sp³-hybridized carbons (Fsp3) is 0.350. The van der Waals surface area contributed by atoms with Crippen LogP contribution >= 0.6 is 11.8 Å². The maximum Gasteiger partial charge on any atom is 0.230 e. The zero-order chi connectivity index (χ0) is 17.9. The molecule has 134 valence electrons. The van der Waals surface area contributed by atoms with E-state index < -0.39 is 0 Å². The highest BCUT2D eigenvalue weighted by molar-refractivity contribution is 8.00. The van der Waals surface area contributed by atoms with Crippen molar-refractivity contribution in [3.8, 4) is 0 Å². The molecule has 6 heteroatoms. The fourth-order valence-electron chi connectivity index (χ4n) is 3.79. The number of fused-ring (bicyclic) bond motifs is 1. The maximum absolute atomic E-state index is 12.4. The van der Waals surface area contributed by atoms with Gasteiger partial charge in [-0.2, -0.15) is 0 Å². The Morgan fingerprint density at radius 3 is 2.50 bits per heavy atom. The van der Waals surface area contributed by atoms with E-state index in [1.54, 1.807) is 12.4 Å². The number of nitrogens with one attached hydrogen (secondary N) is 1. The van der Waals surface area contributed by atoms with Crippen molar-refractivity contribution in [3.63, 3.8) is 0 Å². The second kappa shape index (κ2) is 7.50. The number of carbonyl (C=O) groups excluding carboxylic acids is 2. The van der Waals surface area contributed by atoms with Gasteiger partial charge in [-0.05, 0) is 36.1 Å². The van der Waals surface area contributed by atoms with E-state index in [0.717, 1.165) is 17.7 Å². The molecule has 1 saturated heterocycles. The number of likely N-dealkylation sites (tertiary alicyclic amines) is 1. The van der Waals surface area contributed by atoms with Gasteiger partial charge in [0.1, 0.15) is 0 Å². The zero-order valence-electron chi connectivity index (χ0n) is 14.4. The van der Waals surface area contributed by atoms with Gasteiger partial charge in [-0.25, -0.2) is 0 Å². The quantitative estimate of drug-likeness (QED) is 0.822. The number of hydrogen-bond donors (Lipinski definition) is 1. The van der Waals surface area contributed by atoms with Gasteiger partial charge in [0.05, 0.1) is 11.8 Å². The zero-order valence-corrected chi connectivity index (χ0v) is 15.2. The average Bonchev–Trinajstić information content (AvgIpc) is 3.23. The van der Waals surface area contributed by atoms with Gasteiger partial charge in [-0.15, -0.1) is 11.8 Å². The van der Waals surface area contributed by atoms with Gasteiger partial charge in [-0.3, -0.25) is 14.6 Å². The monoisotopic (exact) mass is 367 g/mol. The van der Waals surface area contributed by atoms with Crippen molar-refractivity contribution in [1.82, 2.24) is 15.2 Å². The number of thioether (sulfide) groups is 1. The van der Waals surface area contributed by atoms with Crippen molar-refractivity contribution in [2.24, 2.45) is 0 Å². The van der Waals surface area contributed by atoms with Crippen LogP contribution in [-0.2, 0) is 22.4 Å². The molecule has 5 nitrogen and oxygen atoms in total. The molecule has 2 amide bonds. The molecule has 26 heavy (non-hydrogen) atoms. The van der Waals surface area contributed by atoms with Crippen molar-refractivity contribution in [3.05, 3.63) is 59.9 Å². The normalized spacial score (nSPS) is 19.6. The number of benzene rings is 1. The summed E-state index contributed by atoms with van der Waals surface area (Å²) in [6.07, 6.45) is 5.67. The Bertz CT molecular complexity index is 787. The molecular formula is C20H21N3O2S. The minimum absolute atomic E-state index is 0.0267. The molecule has 2 aromatic rings. The lowest BCUT2D eigenvalue weighted by molar-refractivity contribution is -0.129. The summed E-state index contributed by atoms with van der Waals surface area (Å²) in [5.74, 6) is 0.472. The van der Waals surface area contributed by atoms with Gasteiger partial charge in [0.15, 0.2) is 0 Å². The molecule has 2 heterocycles. The standard InChI is InChI=1S/C20H21N3O2S/c24-19(13-26-18-5-7-21-8-6-18)22-16-11-20(25)23(12-16)17-9-14-3-1-2-4-15(14)10-17/h1-8,16-17H,9-13H2,(H,22,24)/t16-/m1/s1. The Morgan fingerprint density at radius 2 is 1.81 bits per heavy atom. The van der Waals surface area contributed by atoms with Gasteiger partial charge in [0.2, 0.25) is 11.8 Å². The van der Waals surface area contributed by atoms with Crippen LogP contribution in [-0.4, -0.2) is 46.1 Å². The summed E-state index contributed by atoms with van der Waals surface area (Å²) in [6.45, 7) is 0.614. The predicted octanol–water partition coefficient (Wildman–Crippen LogP) is 2.06. The first-order valence-electron chi connectivity index (χ1n) is 8.87. The van der Waals surface area contributed by atoms with E-state index in [1.807, 2.05) is 17.0 Å². The van der Waals surface area contributed by atoms with Crippen LogP contribution in [0.25, 0.3) is 0 Å². The molecular weight excluding hydrogens is 346 g/mol. The van der Waals surface area contributed by atoms with Crippen LogP contribution in [0.5, 0.6) is 0 Å². The molecule has 1 N–H and O–H groups in total. The Hall–Kier alpha value is -2.34. The molecule has 0 saturated carbocycles. The van der Waals surface area contributed by atoms with E-state index in [0.29, 0.717) is 18.7 Å². The average molecular weight is 367 g/mol. The third-order valence-electron chi connectivity index (χ3n) is 5.01. The molecule has 4 rings (SSSR count). The SMILES string of the molecule is O=C(CSc1ccncc1)N[C@@H]1CC(=O)N(C2Cc3ccccc3C2)C1. The van der Waals surface area contributed by atoms with Crippen LogP contribution in [0, 0.1) is 0 Å². The highest BCUT2D eigenvalue weighted by atomic mass is 32.2. The summed E-state index contributed by atoms with van der Waals surface area (Å²) in [6, 6.07) is 12.3. The minimum Gasteiger partial charge on any atom is -0.350 e. The van der Waals surface area contributed by atoms with Crippen molar-refractivity contribution in [2.45, 2.75) is 36.2 Å². The topological polar surface area (TPSA) is 62.3 Å². The number of hydrogen-bond acceptors (Lipinski definition) is 4. The summed E-state index contributed by atoms with van der Waals surface area (Å²) in [7, 11) is 0. The predicted molar refractivity (Wildman–Crippen MR) is 101 cm³/mol. The van der Waals surface area contributed by atoms with E-state index in [9.17, 15) is 9.59 Å². The van der Waals surface area contributed by atoms with Gasteiger partial charge >= 0.3 is 0 Å². The Kier molecular flexibility index (Phi) is 4.93. The van der Waals surface area contributed by atoms with Crippen LogP contribution in [0.1, 0.15) is 17.5 Å². The lowest BCUT2D eigenvalue weighted by Gasteiger charge is -2.24. The van der Waals surface area contributed by atoms with E-state index in [2.05, 4.69) is 34.6 Å². The smallest absolute Gasteiger partial charge is 0.230 e. The molecule has 1 aromatic heterocycles. The molecule has 0 spiro atoms. The molecule has 1 aromatic carbocycles. The highest BCUT2D eigenvalue weighted by Crippen LogP contribution is 2.28. The van der Waals surface area contributed by atoms with E-state index in [1.165, 1.54) is 22.9 Å². The Labute approximate surface area is 157 Å². The Balaban J connectivity index is 1.29.